The molecule has 0 amide bonds. The summed E-state index contributed by atoms with van der Waals surface area (Å²) in [6, 6.07) is 6.38. The molecular weight excluding hydrogens is 296 g/mol. The molecule has 1 aromatic carbocycles. The van der Waals surface area contributed by atoms with E-state index in [0.29, 0.717) is 6.42 Å². The molecule has 22 heavy (non-hydrogen) atoms. The second kappa shape index (κ2) is 5.46. The Morgan fingerprint density at radius 3 is 3.05 bits per heavy atom. The van der Waals surface area contributed by atoms with Crippen LogP contribution in [-0.4, -0.2) is 27.2 Å². The number of carbonyl (C=O) groups is 1. The highest BCUT2D eigenvalue weighted by molar-refractivity contribution is 7.99. The largest absolute Gasteiger partial charge is 0.372 e. The zero-order valence-electron chi connectivity index (χ0n) is 11.8. The summed E-state index contributed by atoms with van der Waals surface area (Å²) in [4.78, 5) is 23.2. The van der Waals surface area contributed by atoms with E-state index in [9.17, 15) is 4.79 Å². The van der Waals surface area contributed by atoms with Crippen LogP contribution in [0.1, 0.15) is 12.0 Å². The number of aromatic nitrogens is 2. The van der Waals surface area contributed by atoms with Crippen LogP contribution < -0.4 is 5.32 Å². The minimum Gasteiger partial charge on any atom is -0.372 e. The Hall–Kier alpha value is -2.34. The highest BCUT2D eigenvalue weighted by atomic mass is 32.2. The van der Waals surface area contributed by atoms with Crippen LogP contribution >= 0.6 is 11.8 Å². The van der Waals surface area contributed by atoms with E-state index in [-0.39, 0.29) is 5.78 Å². The van der Waals surface area contributed by atoms with Crippen molar-refractivity contribution in [3.63, 3.8) is 0 Å². The molecule has 0 radical (unpaired) electrons. The van der Waals surface area contributed by atoms with Crippen LogP contribution in [-0.2, 0) is 11.3 Å². The number of carbonyl (C=O) groups excluding carboxylic acids is 1. The van der Waals surface area contributed by atoms with E-state index in [2.05, 4.69) is 38.4 Å². The van der Waals surface area contributed by atoms with E-state index in [1.807, 2.05) is 6.20 Å². The number of hydrogen-bond donors (Lipinski definition) is 1. The molecule has 0 spiro atoms. The molecular formula is C16H14N4OS. The van der Waals surface area contributed by atoms with Gasteiger partial charge in [0.25, 0.3) is 0 Å². The zero-order valence-corrected chi connectivity index (χ0v) is 12.6. The molecule has 1 N–H and O–H groups in total. The van der Waals surface area contributed by atoms with Crippen LogP contribution in [0.15, 0.2) is 52.8 Å². The summed E-state index contributed by atoms with van der Waals surface area (Å²) >= 11 is 1.63. The van der Waals surface area contributed by atoms with Gasteiger partial charge in [0, 0.05) is 43.0 Å². The summed E-state index contributed by atoms with van der Waals surface area (Å²) in [6.45, 7) is 1.58. The van der Waals surface area contributed by atoms with Crippen LogP contribution in [0.25, 0.3) is 0 Å². The molecule has 110 valence electrons. The molecule has 0 bridgehead atoms. The lowest BCUT2D eigenvalue weighted by molar-refractivity contribution is -0.115. The summed E-state index contributed by atoms with van der Waals surface area (Å²) < 4.78 is 0. The standard InChI is InChI=1S/C16H14N4OS/c21-12-3-7-20(8-4-12)10-11-1-2-14-13(9-11)19-15-16(22-14)18-6-5-17-15/h1-3,5-7,9H,4,8,10H2,(H,17,19). The Labute approximate surface area is 132 Å². The van der Waals surface area contributed by atoms with Crippen LogP contribution in [0.5, 0.6) is 0 Å². The number of anilines is 2. The third-order valence-electron chi connectivity index (χ3n) is 3.67. The van der Waals surface area contributed by atoms with Crippen LogP contribution in [0.2, 0.25) is 0 Å². The molecule has 0 aliphatic carbocycles. The predicted molar refractivity (Wildman–Crippen MR) is 85.1 cm³/mol. The van der Waals surface area contributed by atoms with Crippen LogP contribution in [0.3, 0.4) is 0 Å². The number of rotatable bonds is 2. The second-order valence-electron chi connectivity index (χ2n) is 5.27. The van der Waals surface area contributed by atoms with Gasteiger partial charge in [0.2, 0.25) is 0 Å². The molecule has 0 atom stereocenters. The third-order valence-corrected chi connectivity index (χ3v) is 4.74. The van der Waals surface area contributed by atoms with Gasteiger partial charge in [-0.15, -0.1) is 0 Å². The summed E-state index contributed by atoms with van der Waals surface area (Å²) in [7, 11) is 0. The van der Waals surface area contributed by atoms with Crippen LogP contribution in [0, 0.1) is 0 Å². The number of nitrogens with zero attached hydrogens (tertiary/aromatic N) is 3. The molecule has 1 aromatic heterocycles. The molecule has 3 heterocycles. The molecule has 0 unspecified atom stereocenters. The maximum Gasteiger partial charge on any atom is 0.163 e. The third kappa shape index (κ3) is 2.57. The minimum atomic E-state index is 0.204. The minimum absolute atomic E-state index is 0.204. The first-order chi connectivity index (χ1) is 10.8. The Kier molecular flexibility index (Phi) is 3.31. The van der Waals surface area contributed by atoms with Gasteiger partial charge in [-0.05, 0) is 23.8 Å². The van der Waals surface area contributed by atoms with Crippen molar-refractivity contribution in [3.05, 3.63) is 48.4 Å². The quantitative estimate of drug-likeness (QED) is 0.785. The van der Waals surface area contributed by atoms with Crippen molar-refractivity contribution >= 4 is 29.1 Å². The van der Waals surface area contributed by atoms with Crippen molar-refractivity contribution in [1.29, 1.82) is 0 Å². The summed E-state index contributed by atoms with van der Waals surface area (Å²) in [6.07, 6.45) is 7.53. The first kappa shape index (κ1) is 13.3. The molecule has 2 aromatic rings. The maximum absolute atomic E-state index is 11.2. The van der Waals surface area contributed by atoms with Crippen molar-refractivity contribution in [2.75, 3.05) is 11.9 Å². The number of allylic oxidation sites excluding steroid dienone is 1. The van der Waals surface area contributed by atoms with Gasteiger partial charge < -0.3 is 10.2 Å². The summed E-state index contributed by atoms with van der Waals surface area (Å²) in [5.41, 5.74) is 2.27. The monoisotopic (exact) mass is 310 g/mol. The normalized spacial score (nSPS) is 16.0. The zero-order chi connectivity index (χ0) is 14.9. The topological polar surface area (TPSA) is 58.1 Å². The molecule has 2 aliphatic rings. The van der Waals surface area contributed by atoms with Crippen molar-refractivity contribution in [3.8, 4) is 0 Å². The molecule has 5 nitrogen and oxygen atoms in total. The van der Waals surface area contributed by atoms with Crippen molar-refractivity contribution in [1.82, 2.24) is 14.9 Å². The first-order valence-corrected chi connectivity index (χ1v) is 7.93. The number of ketones is 1. The lowest BCUT2D eigenvalue weighted by Crippen LogP contribution is -2.24. The SMILES string of the molecule is O=C1C=CN(Cc2ccc3c(c2)Nc2nccnc2S3)CC1. The Morgan fingerprint density at radius 2 is 2.18 bits per heavy atom. The van der Waals surface area contributed by atoms with Gasteiger partial charge in [-0.25, -0.2) is 9.97 Å². The molecule has 2 aliphatic heterocycles. The lowest BCUT2D eigenvalue weighted by atomic mass is 10.1. The van der Waals surface area contributed by atoms with Gasteiger partial charge in [0.15, 0.2) is 11.6 Å². The molecule has 0 fully saturated rings. The van der Waals surface area contributed by atoms with E-state index < -0.39 is 0 Å². The van der Waals surface area contributed by atoms with Gasteiger partial charge in [-0.3, -0.25) is 4.79 Å². The van der Waals surface area contributed by atoms with Gasteiger partial charge in [0.05, 0.1) is 5.69 Å². The first-order valence-electron chi connectivity index (χ1n) is 7.12. The molecule has 4 rings (SSSR count). The second-order valence-corrected chi connectivity index (χ2v) is 6.30. The maximum atomic E-state index is 11.2. The molecule has 0 saturated carbocycles. The fraction of sp³-hybridized carbons (Fsp3) is 0.188. The average molecular weight is 310 g/mol. The summed E-state index contributed by atoms with van der Waals surface area (Å²) in [5, 5.41) is 4.24. The predicted octanol–water partition coefficient (Wildman–Crippen LogP) is 2.97. The smallest absolute Gasteiger partial charge is 0.163 e. The fourth-order valence-electron chi connectivity index (χ4n) is 2.55. The summed E-state index contributed by atoms with van der Waals surface area (Å²) in [5.74, 6) is 1.01. The van der Waals surface area contributed by atoms with E-state index in [0.717, 1.165) is 34.5 Å². The van der Waals surface area contributed by atoms with Gasteiger partial charge in [-0.1, -0.05) is 17.8 Å². The fourth-order valence-corrected chi connectivity index (χ4v) is 3.42. The highest BCUT2D eigenvalue weighted by Gasteiger charge is 2.18. The highest BCUT2D eigenvalue weighted by Crippen LogP contribution is 2.42. The van der Waals surface area contributed by atoms with Gasteiger partial charge in [-0.2, -0.15) is 0 Å². The Morgan fingerprint density at radius 1 is 1.27 bits per heavy atom. The lowest BCUT2D eigenvalue weighted by Gasteiger charge is -2.24. The van der Waals surface area contributed by atoms with Crippen molar-refractivity contribution < 1.29 is 4.79 Å². The van der Waals surface area contributed by atoms with Crippen LogP contribution in [0.4, 0.5) is 11.5 Å². The van der Waals surface area contributed by atoms with Crippen molar-refractivity contribution in [2.24, 2.45) is 0 Å². The number of nitrogens with one attached hydrogen (secondary N) is 1. The van der Waals surface area contributed by atoms with E-state index in [1.54, 1.807) is 30.2 Å². The van der Waals surface area contributed by atoms with Gasteiger partial charge in [0.1, 0.15) is 5.03 Å². The Bertz CT molecular complexity index is 774. The van der Waals surface area contributed by atoms with Crippen molar-refractivity contribution in [2.45, 2.75) is 22.9 Å². The van der Waals surface area contributed by atoms with Gasteiger partial charge >= 0.3 is 0 Å². The number of fused-ring (bicyclic) bond motifs is 2. The molecule has 6 heteroatoms. The number of benzene rings is 1. The van der Waals surface area contributed by atoms with E-state index in [1.165, 1.54) is 5.56 Å². The van der Waals surface area contributed by atoms with E-state index in [4.69, 9.17) is 0 Å². The van der Waals surface area contributed by atoms with E-state index >= 15 is 0 Å². The number of hydrogen-bond acceptors (Lipinski definition) is 6. The average Bonchev–Trinajstić information content (AvgIpc) is 2.55. The Balaban J connectivity index is 1.56. The molecule has 0 saturated heterocycles.